The fraction of sp³-hybridized carbons (Fsp3) is 0.368. The van der Waals surface area contributed by atoms with Gasteiger partial charge in [-0.2, -0.15) is 0 Å². The Balaban J connectivity index is 1.61. The number of fused-ring (bicyclic) bond motifs is 1. The quantitative estimate of drug-likeness (QED) is 0.944. The molecule has 0 aromatic heterocycles. The summed E-state index contributed by atoms with van der Waals surface area (Å²) < 4.78 is 0. The molecule has 3 rings (SSSR count). The largest absolute Gasteiger partial charge is 0.481 e. The van der Waals surface area contributed by atoms with Crippen LogP contribution in [0, 0.1) is 11.8 Å². The van der Waals surface area contributed by atoms with Gasteiger partial charge in [0, 0.05) is 19.5 Å². The average Bonchev–Trinajstić information content (AvgIpc) is 2.94. The number of benzene rings is 2. The fourth-order valence-electron chi connectivity index (χ4n) is 3.30. The standard InChI is InChI=1S/C19H21NO3/c1-13-11-20(12-17(13)19(22)23)18(21)9-7-14-6-8-15-4-2-3-5-16(15)10-14/h2-6,8,10,13,17H,7,9,11-12H2,1H3,(H,22,23)/t13-,17-/m1/s1. The summed E-state index contributed by atoms with van der Waals surface area (Å²) >= 11 is 0. The van der Waals surface area contributed by atoms with Gasteiger partial charge in [-0.25, -0.2) is 0 Å². The van der Waals surface area contributed by atoms with Gasteiger partial charge in [0.05, 0.1) is 5.92 Å². The van der Waals surface area contributed by atoms with Crippen molar-refractivity contribution in [3.8, 4) is 0 Å². The molecule has 4 nitrogen and oxygen atoms in total. The average molecular weight is 311 g/mol. The third-order valence-electron chi connectivity index (χ3n) is 4.72. The second-order valence-electron chi connectivity index (χ2n) is 6.40. The maximum atomic E-state index is 12.3. The first-order valence-corrected chi connectivity index (χ1v) is 8.03. The number of carbonyl (C=O) groups is 2. The van der Waals surface area contributed by atoms with Crippen molar-refractivity contribution < 1.29 is 14.7 Å². The van der Waals surface area contributed by atoms with E-state index in [0.717, 1.165) is 5.56 Å². The van der Waals surface area contributed by atoms with Crippen molar-refractivity contribution in [3.05, 3.63) is 48.0 Å². The lowest BCUT2D eigenvalue weighted by Crippen LogP contribution is -2.30. The number of hydrogen-bond donors (Lipinski definition) is 1. The van der Waals surface area contributed by atoms with Crippen LogP contribution in [0.3, 0.4) is 0 Å². The molecule has 2 aromatic rings. The lowest BCUT2D eigenvalue weighted by Gasteiger charge is -2.16. The van der Waals surface area contributed by atoms with Crippen LogP contribution < -0.4 is 0 Å². The zero-order valence-corrected chi connectivity index (χ0v) is 13.2. The van der Waals surface area contributed by atoms with Crippen LogP contribution in [-0.2, 0) is 16.0 Å². The van der Waals surface area contributed by atoms with E-state index in [1.165, 1.54) is 10.8 Å². The highest BCUT2D eigenvalue weighted by molar-refractivity contribution is 5.83. The molecule has 1 aliphatic rings. The minimum atomic E-state index is -0.803. The Labute approximate surface area is 135 Å². The van der Waals surface area contributed by atoms with E-state index in [1.54, 1.807) is 4.90 Å². The van der Waals surface area contributed by atoms with Crippen molar-refractivity contribution >= 4 is 22.6 Å². The molecule has 0 saturated carbocycles. The van der Waals surface area contributed by atoms with Crippen molar-refractivity contribution in [1.82, 2.24) is 4.90 Å². The summed E-state index contributed by atoms with van der Waals surface area (Å²) in [5, 5.41) is 11.5. The van der Waals surface area contributed by atoms with Crippen LogP contribution in [0.4, 0.5) is 0 Å². The third-order valence-corrected chi connectivity index (χ3v) is 4.72. The summed E-state index contributed by atoms with van der Waals surface area (Å²) in [7, 11) is 0. The number of carbonyl (C=O) groups excluding carboxylic acids is 1. The molecule has 0 bridgehead atoms. The molecule has 1 heterocycles. The summed E-state index contributed by atoms with van der Waals surface area (Å²) in [5.41, 5.74) is 1.14. The van der Waals surface area contributed by atoms with E-state index in [4.69, 9.17) is 5.11 Å². The predicted molar refractivity (Wildman–Crippen MR) is 89.1 cm³/mol. The van der Waals surface area contributed by atoms with E-state index in [0.29, 0.717) is 25.9 Å². The van der Waals surface area contributed by atoms with E-state index in [2.05, 4.69) is 30.3 Å². The monoisotopic (exact) mass is 311 g/mol. The lowest BCUT2D eigenvalue weighted by atomic mass is 9.99. The Bertz CT molecular complexity index is 740. The van der Waals surface area contributed by atoms with Gasteiger partial charge in [-0.1, -0.05) is 49.4 Å². The van der Waals surface area contributed by atoms with Crippen LogP contribution in [0.2, 0.25) is 0 Å². The molecule has 2 atom stereocenters. The SMILES string of the molecule is C[C@@H]1CN(C(=O)CCc2ccc3ccccc3c2)C[C@H]1C(=O)O. The highest BCUT2D eigenvalue weighted by Crippen LogP contribution is 2.24. The zero-order chi connectivity index (χ0) is 16.4. The number of nitrogens with zero attached hydrogens (tertiary/aromatic N) is 1. The zero-order valence-electron chi connectivity index (χ0n) is 13.2. The van der Waals surface area contributed by atoms with Crippen LogP contribution in [0.1, 0.15) is 18.9 Å². The lowest BCUT2D eigenvalue weighted by molar-refractivity contribution is -0.142. The molecule has 1 N–H and O–H groups in total. The first-order chi connectivity index (χ1) is 11.0. The van der Waals surface area contributed by atoms with Crippen molar-refractivity contribution in [3.63, 3.8) is 0 Å². The summed E-state index contributed by atoms with van der Waals surface area (Å²) in [6.45, 7) is 2.79. The minimum absolute atomic E-state index is 0.0251. The summed E-state index contributed by atoms with van der Waals surface area (Å²) in [6, 6.07) is 14.4. The van der Waals surface area contributed by atoms with E-state index in [1.807, 2.05) is 19.1 Å². The van der Waals surface area contributed by atoms with Gasteiger partial charge in [-0.15, -0.1) is 0 Å². The van der Waals surface area contributed by atoms with Crippen molar-refractivity contribution in [1.29, 1.82) is 0 Å². The van der Waals surface area contributed by atoms with Crippen molar-refractivity contribution in [2.24, 2.45) is 11.8 Å². The molecule has 0 aliphatic carbocycles. The number of rotatable bonds is 4. The van der Waals surface area contributed by atoms with Gasteiger partial charge < -0.3 is 10.0 Å². The van der Waals surface area contributed by atoms with Gasteiger partial charge in [0.25, 0.3) is 0 Å². The molecular weight excluding hydrogens is 290 g/mol. The van der Waals surface area contributed by atoms with E-state index < -0.39 is 11.9 Å². The molecule has 0 unspecified atom stereocenters. The Hall–Kier alpha value is -2.36. The van der Waals surface area contributed by atoms with Crippen LogP contribution >= 0.6 is 0 Å². The molecule has 0 spiro atoms. The molecule has 1 saturated heterocycles. The third kappa shape index (κ3) is 3.36. The van der Waals surface area contributed by atoms with Crippen LogP contribution in [0.25, 0.3) is 10.8 Å². The van der Waals surface area contributed by atoms with Crippen molar-refractivity contribution in [2.75, 3.05) is 13.1 Å². The van der Waals surface area contributed by atoms with Crippen molar-refractivity contribution in [2.45, 2.75) is 19.8 Å². The first-order valence-electron chi connectivity index (χ1n) is 8.03. The molecule has 2 aromatic carbocycles. The minimum Gasteiger partial charge on any atom is -0.481 e. The molecule has 120 valence electrons. The Kier molecular flexibility index (Phi) is 4.33. The highest BCUT2D eigenvalue weighted by Gasteiger charge is 2.36. The van der Waals surface area contributed by atoms with Gasteiger partial charge >= 0.3 is 5.97 Å². The second-order valence-corrected chi connectivity index (χ2v) is 6.40. The van der Waals surface area contributed by atoms with Gasteiger partial charge in [0.1, 0.15) is 0 Å². The molecule has 4 heteroatoms. The maximum Gasteiger partial charge on any atom is 0.308 e. The van der Waals surface area contributed by atoms with E-state index in [-0.39, 0.29) is 11.8 Å². The van der Waals surface area contributed by atoms with E-state index in [9.17, 15) is 9.59 Å². The second kappa shape index (κ2) is 6.41. The summed E-state index contributed by atoms with van der Waals surface area (Å²) in [6.07, 6.45) is 1.11. The molecule has 0 radical (unpaired) electrons. The van der Waals surface area contributed by atoms with E-state index >= 15 is 0 Å². The number of aryl methyl sites for hydroxylation is 1. The smallest absolute Gasteiger partial charge is 0.308 e. The Morgan fingerprint density at radius 2 is 1.87 bits per heavy atom. The normalized spacial score (nSPS) is 20.8. The number of likely N-dealkylation sites (tertiary alicyclic amines) is 1. The number of hydrogen-bond acceptors (Lipinski definition) is 2. The molecule has 1 aliphatic heterocycles. The first kappa shape index (κ1) is 15.5. The topological polar surface area (TPSA) is 57.6 Å². The maximum absolute atomic E-state index is 12.3. The number of amides is 1. The van der Waals surface area contributed by atoms with Gasteiger partial charge in [0.2, 0.25) is 5.91 Å². The summed E-state index contributed by atoms with van der Waals surface area (Å²) in [5.74, 6) is -1.16. The Morgan fingerprint density at radius 1 is 1.13 bits per heavy atom. The molecule has 1 fully saturated rings. The number of carboxylic acids is 1. The Morgan fingerprint density at radius 3 is 2.57 bits per heavy atom. The number of aliphatic carboxylic acids is 1. The van der Waals surface area contributed by atoms with Crippen LogP contribution in [0.15, 0.2) is 42.5 Å². The molecule has 1 amide bonds. The van der Waals surface area contributed by atoms with Crippen LogP contribution in [0.5, 0.6) is 0 Å². The molecule has 23 heavy (non-hydrogen) atoms. The predicted octanol–water partition coefficient (Wildman–Crippen LogP) is 2.95. The van der Waals surface area contributed by atoms with Gasteiger partial charge in [-0.05, 0) is 28.7 Å². The van der Waals surface area contributed by atoms with Gasteiger partial charge in [0.15, 0.2) is 0 Å². The number of carboxylic acid groups (broad SMARTS) is 1. The van der Waals surface area contributed by atoms with Crippen LogP contribution in [-0.4, -0.2) is 35.0 Å². The fourth-order valence-corrected chi connectivity index (χ4v) is 3.30. The van der Waals surface area contributed by atoms with Gasteiger partial charge in [-0.3, -0.25) is 9.59 Å². The highest BCUT2D eigenvalue weighted by atomic mass is 16.4. The summed E-state index contributed by atoms with van der Waals surface area (Å²) in [4.78, 5) is 25.2. The molecular formula is C19H21NO3.